The van der Waals surface area contributed by atoms with Crippen LogP contribution in [0, 0.1) is 17.7 Å². The van der Waals surface area contributed by atoms with E-state index in [4.69, 9.17) is 4.74 Å². The zero-order valence-corrected chi connectivity index (χ0v) is 16.1. The van der Waals surface area contributed by atoms with E-state index in [1.807, 2.05) is 0 Å². The number of ether oxygens (including phenoxy) is 2. The van der Waals surface area contributed by atoms with Crippen molar-refractivity contribution in [2.45, 2.75) is 44.6 Å². The van der Waals surface area contributed by atoms with Gasteiger partial charge in [-0.3, -0.25) is 4.79 Å². The maximum atomic E-state index is 14.5. The van der Waals surface area contributed by atoms with Crippen LogP contribution in [-0.2, 0) is 4.79 Å². The number of alkyl halides is 4. The van der Waals surface area contributed by atoms with Crippen LogP contribution in [0.5, 0.6) is 11.5 Å². The molecule has 3 atom stereocenters. The van der Waals surface area contributed by atoms with Crippen LogP contribution in [0.25, 0.3) is 10.8 Å². The van der Waals surface area contributed by atoms with E-state index >= 15 is 0 Å². The van der Waals surface area contributed by atoms with Gasteiger partial charge in [-0.15, -0.1) is 19.8 Å². The van der Waals surface area contributed by atoms with Gasteiger partial charge in [0.1, 0.15) is 11.9 Å². The van der Waals surface area contributed by atoms with E-state index in [9.17, 15) is 26.7 Å². The van der Waals surface area contributed by atoms with Crippen LogP contribution in [0.1, 0.15) is 32.1 Å². The summed E-state index contributed by atoms with van der Waals surface area (Å²) in [4.78, 5) is 12.4. The van der Waals surface area contributed by atoms with Crippen LogP contribution >= 0.6 is 0 Å². The number of hydrogen-bond acceptors (Lipinski definition) is 3. The van der Waals surface area contributed by atoms with E-state index in [1.165, 1.54) is 24.3 Å². The Morgan fingerprint density at radius 3 is 2.63 bits per heavy atom. The third-order valence-electron chi connectivity index (χ3n) is 5.30. The summed E-state index contributed by atoms with van der Waals surface area (Å²) in [6.45, 7) is 3.65. The Kier molecular flexibility index (Phi) is 6.63. The molecule has 3 unspecified atom stereocenters. The van der Waals surface area contributed by atoms with Crippen molar-refractivity contribution in [1.82, 2.24) is 0 Å². The molecule has 0 spiro atoms. The molecule has 1 aliphatic carbocycles. The molecular weight excluding hydrogens is 407 g/mol. The van der Waals surface area contributed by atoms with Gasteiger partial charge in [0.2, 0.25) is 0 Å². The molecule has 8 heteroatoms. The molecule has 2 aromatic carbocycles. The fourth-order valence-corrected chi connectivity index (χ4v) is 3.79. The molecule has 0 N–H and O–H groups in total. The second kappa shape index (κ2) is 9.02. The van der Waals surface area contributed by atoms with Gasteiger partial charge in [0.15, 0.2) is 11.6 Å². The van der Waals surface area contributed by atoms with Crippen LogP contribution in [0.4, 0.5) is 22.0 Å². The molecule has 1 fully saturated rings. The maximum Gasteiger partial charge on any atom is 0.573 e. The molecule has 0 saturated heterocycles. The van der Waals surface area contributed by atoms with Crippen molar-refractivity contribution in [2.75, 3.05) is 0 Å². The lowest BCUT2D eigenvalue weighted by Gasteiger charge is -2.30. The zero-order valence-electron chi connectivity index (χ0n) is 16.1. The topological polar surface area (TPSA) is 35.5 Å². The number of halogens is 5. The number of allylic oxidation sites excluding steroid dienone is 1. The number of esters is 1. The molecule has 0 bridgehead atoms. The second-order valence-electron chi connectivity index (χ2n) is 7.40. The summed E-state index contributed by atoms with van der Waals surface area (Å²) in [6.07, 6.45) is -1.51. The van der Waals surface area contributed by atoms with Gasteiger partial charge in [-0.2, -0.15) is 0 Å². The van der Waals surface area contributed by atoms with Crippen molar-refractivity contribution in [3.63, 3.8) is 0 Å². The van der Waals surface area contributed by atoms with Crippen LogP contribution < -0.4 is 9.47 Å². The first-order chi connectivity index (χ1) is 14.2. The number of fused-ring (bicyclic) bond motifs is 1. The predicted molar refractivity (Wildman–Crippen MR) is 101 cm³/mol. The molecule has 3 nitrogen and oxygen atoms in total. The van der Waals surface area contributed by atoms with Crippen LogP contribution in [-0.4, -0.2) is 18.5 Å². The Bertz CT molecular complexity index is 925. The van der Waals surface area contributed by atoms with E-state index in [-0.39, 0.29) is 22.4 Å². The van der Waals surface area contributed by atoms with E-state index in [0.29, 0.717) is 12.8 Å². The van der Waals surface area contributed by atoms with Crippen molar-refractivity contribution in [2.24, 2.45) is 11.8 Å². The first kappa shape index (κ1) is 22.1. The quantitative estimate of drug-likeness (QED) is 0.228. The molecule has 3 rings (SSSR count). The molecule has 0 radical (unpaired) electrons. The Balaban J connectivity index is 1.69. The second-order valence-corrected chi connectivity index (χ2v) is 7.40. The minimum absolute atomic E-state index is 0.0670. The molecule has 1 saturated carbocycles. The van der Waals surface area contributed by atoms with Gasteiger partial charge >= 0.3 is 12.3 Å². The third kappa shape index (κ3) is 5.29. The normalized spacial score (nSPS) is 22.0. The fourth-order valence-electron chi connectivity index (χ4n) is 3.79. The number of carbonyl (C=O) groups is 1. The monoisotopic (exact) mass is 428 g/mol. The highest BCUT2D eigenvalue weighted by atomic mass is 19.4. The van der Waals surface area contributed by atoms with Crippen molar-refractivity contribution < 1.29 is 36.2 Å². The summed E-state index contributed by atoms with van der Waals surface area (Å²) >= 11 is 0. The van der Waals surface area contributed by atoms with E-state index in [2.05, 4.69) is 11.3 Å². The van der Waals surface area contributed by atoms with Crippen LogP contribution in [0.3, 0.4) is 0 Å². The van der Waals surface area contributed by atoms with Crippen molar-refractivity contribution in [3.8, 4) is 11.5 Å². The lowest BCUT2D eigenvalue weighted by molar-refractivity contribution is -0.275. The molecule has 1 aliphatic rings. The van der Waals surface area contributed by atoms with Crippen molar-refractivity contribution in [1.29, 1.82) is 0 Å². The molecule has 0 amide bonds. The van der Waals surface area contributed by atoms with Gasteiger partial charge in [0.25, 0.3) is 0 Å². The number of benzene rings is 2. The van der Waals surface area contributed by atoms with E-state index < -0.39 is 36.0 Å². The summed E-state index contributed by atoms with van der Waals surface area (Å²) in [6, 6.07) is 5.83. The van der Waals surface area contributed by atoms with Crippen LogP contribution in [0.15, 0.2) is 43.0 Å². The van der Waals surface area contributed by atoms with Gasteiger partial charge in [-0.25, -0.2) is 8.78 Å². The minimum atomic E-state index is -5.02. The molecule has 0 heterocycles. The van der Waals surface area contributed by atoms with Crippen LogP contribution in [0.2, 0.25) is 0 Å². The first-order valence-electron chi connectivity index (χ1n) is 9.62. The summed E-state index contributed by atoms with van der Waals surface area (Å²) in [7, 11) is 0. The lowest BCUT2D eigenvalue weighted by Crippen LogP contribution is -2.34. The summed E-state index contributed by atoms with van der Waals surface area (Å²) in [5.74, 6) is -3.43. The lowest BCUT2D eigenvalue weighted by atomic mass is 9.79. The Hall–Kier alpha value is -2.64. The smallest absolute Gasteiger partial charge is 0.426 e. The molecular formula is C22H21F5O3. The molecule has 162 valence electrons. The Morgan fingerprint density at radius 2 is 1.97 bits per heavy atom. The Labute approximate surface area is 170 Å². The predicted octanol–water partition coefficient (Wildman–Crippen LogP) is 6.50. The minimum Gasteiger partial charge on any atom is -0.426 e. The summed E-state index contributed by atoms with van der Waals surface area (Å²) < 4.78 is 74.7. The van der Waals surface area contributed by atoms with Gasteiger partial charge in [0, 0.05) is 5.39 Å². The molecule has 0 aromatic heterocycles. The van der Waals surface area contributed by atoms with Gasteiger partial charge in [-0.05, 0) is 67.7 Å². The summed E-state index contributed by atoms with van der Waals surface area (Å²) in [5.41, 5.74) is 0. The van der Waals surface area contributed by atoms with Gasteiger partial charge in [0.05, 0.1) is 5.92 Å². The number of hydrogen-bond donors (Lipinski definition) is 0. The number of rotatable bonds is 6. The van der Waals surface area contributed by atoms with Gasteiger partial charge in [-0.1, -0.05) is 12.1 Å². The van der Waals surface area contributed by atoms with Gasteiger partial charge < -0.3 is 9.47 Å². The largest absolute Gasteiger partial charge is 0.573 e. The maximum absolute atomic E-state index is 14.5. The number of carbonyl (C=O) groups excluding carboxylic acids is 1. The van der Waals surface area contributed by atoms with Crippen molar-refractivity contribution in [3.05, 3.63) is 48.8 Å². The molecule has 2 aromatic rings. The Morgan fingerprint density at radius 1 is 1.20 bits per heavy atom. The fraction of sp³-hybridized carbons (Fsp3) is 0.409. The average Bonchev–Trinajstić information content (AvgIpc) is 2.67. The highest BCUT2D eigenvalue weighted by Gasteiger charge is 2.36. The highest BCUT2D eigenvalue weighted by molar-refractivity contribution is 5.87. The molecule has 30 heavy (non-hydrogen) atoms. The van der Waals surface area contributed by atoms with Crippen molar-refractivity contribution >= 4 is 16.7 Å². The highest BCUT2D eigenvalue weighted by Crippen LogP contribution is 2.36. The SMILES string of the molecule is C=CCCC1CCC(C(=O)Oc2ccc3c(F)c(OC(F)(F)F)ccc3c2)C(F)C1. The first-order valence-corrected chi connectivity index (χ1v) is 9.62. The molecule has 0 aliphatic heterocycles. The average molecular weight is 428 g/mol. The third-order valence-corrected chi connectivity index (χ3v) is 5.30. The standard InChI is InChI=1S/C22H21F5O3/c1-2-3-4-13-5-8-17(18(23)11-13)21(28)29-15-7-9-16-14(12-15)6-10-19(20(16)24)30-22(25,26)27/h2,6-7,9-10,12-13,17-18H,1,3-5,8,11H2. The zero-order chi connectivity index (χ0) is 21.9. The van der Waals surface area contributed by atoms with E-state index in [1.54, 1.807) is 6.08 Å². The summed E-state index contributed by atoms with van der Waals surface area (Å²) in [5, 5.41) is 0.0971. The van der Waals surface area contributed by atoms with E-state index in [0.717, 1.165) is 25.3 Å².